The van der Waals surface area contributed by atoms with Crippen molar-refractivity contribution in [2.24, 2.45) is 0 Å². The number of nitrogens with zero attached hydrogens (tertiary/aromatic N) is 6. The summed E-state index contributed by atoms with van der Waals surface area (Å²) in [5.41, 5.74) is 1.35. The predicted molar refractivity (Wildman–Crippen MR) is 98.9 cm³/mol. The van der Waals surface area contributed by atoms with Crippen molar-refractivity contribution in [1.29, 1.82) is 0 Å². The second-order valence-electron chi connectivity index (χ2n) is 6.50. The summed E-state index contributed by atoms with van der Waals surface area (Å²) in [5, 5.41) is 14.6. The van der Waals surface area contributed by atoms with E-state index in [1.807, 2.05) is 4.90 Å². The van der Waals surface area contributed by atoms with E-state index in [0.717, 1.165) is 26.2 Å². The van der Waals surface area contributed by atoms with Gasteiger partial charge in [-0.2, -0.15) is 21.4 Å². The number of amides is 1. The molecule has 1 fully saturated rings. The fourth-order valence-corrected chi connectivity index (χ4v) is 3.97. The summed E-state index contributed by atoms with van der Waals surface area (Å²) in [7, 11) is 0. The molecule has 9 nitrogen and oxygen atoms in total. The first kappa shape index (κ1) is 17.8. The molecule has 1 atom stereocenters. The highest BCUT2D eigenvalue weighted by molar-refractivity contribution is 7.07. The van der Waals surface area contributed by atoms with Crippen LogP contribution in [0.4, 0.5) is 0 Å². The zero-order valence-electron chi connectivity index (χ0n) is 15.0. The van der Waals surface area contributed by atoms with Crippen LogP contribution in [-0.4, -0.2) is 67.2 Å². The van der Waals surface area contributed by atoms with E-state index in [-0.39, 0.29) is 5.91 Å². The lowest BCUT2D eigenvalue weighted by molar-refractivity contribution is -0.133. The molecule has 142 valence electrons. The fraction of sp³-hybridized carbons (Fsp3) is 0.471. The van der Waals surface area contributed by atoms with Gasteiger partial charge in [0.15, 0.2) is 5.82 Å². The van der Waals surface area contributed by atoms with E-state index in [0.29, 0.717) is 36.4 Å². The Morgan fingerprint density at radius 1 is 1.37 bits per heavy atom. The standard InChI is InChI=1S/C17H21N7O2S/c1-12(13-4-9-27-10-13)23-5-7-24(8-6-23)15(25)3-2-14-20-17(22-26-14)16-18-11-19-21-16/h4,9-12H,2-3,5-8H2,1H3,(H,18,19,21). The second-order valence-corrected chi connectivity index (χ2v) is 7.28. The van der Waals surface area contributed by atoms with Gasteiger partial charge in [0.25, 0.3) is 0 Å². The summed E-state index contributed by atoms with van der Waals surface area (Å²) in [6, 6.07) is 2.56. The maximum Gasteiger partial charge on any atom is 0.239 e. The first-order chi connectivity index (χ1) is 13.2. The van der Waals surface area contributed by atoms with Crippen molar-refractivity contribution in [3.63, 3.8) is 0 Å². The summed E-state index contributed by atoms with van der Waals surface area (Å²) in [5.74, 6) is 1.36. The number of carbonyl (C=O) groups is 1. The molecule has 1 saturated heterocycles. The number of piperazine rings is 1. The van der Waals surface area contributed by atoms with Crippen LogP contribution in [0.25, 0.3) is 11.6 Å². The highest BCUT2D eigenvalue weighted by atomic mass is 32.1. The van der Waals surface area contributed by atoms with Crippen molar-refractivity contribution < 1.29 is 9.32 Å². The highest BCUT2D eigenvalue weighted by Crippen LogP contribution is 2.23. The molecule has 0 saturated carbocycles. The van der Waals surface area contributed by atoms with E-state index in [4.69, 9.17) is 4.52 Å². The molecule has 1 amide bonds. The van der Waals surface area contributed by atoms with Crippen LogP contribution >= 0.6 is 11.3 Å². The average molecular weight is 387 g/mol. The zero-order valence-corrected chi connectivity index (χ0v) is 15.9. The SMILES string of the molecule is CC(c1ccsc1)N1CCN(C(=O)CCc2nc(-c3ncn[nH]3)no2)CC1. The minimum Gasteiger partial charge on any atom is -0.340 e. The Morgan fingerprint density at radius 2 is 2.22 bits per heavy atom. The Morgan fingerprint density at radius 3 is 2.93 bits per heavy atom. The summed E-state index contributed by atoms with van der Waals surface area (Å²) < 4.78 is 5.19. The van der Waals surface area contributed by atoms with Crippen molar-refractivity contribution in [1.82, 2.24) is 35.1 Å². The zero-order chi connectivity index (χ0) is 18.6. The molecule has 1 aliphatic heterocycles. The van der Waals surface area contributed by atoms with Gasteiger partial charge in [-0.05, 0) is 29.3 Å². The molecule has 1 N–H and O–H groups in total. The molecule has 1 unspecified atom stereocenters. The molecular weight excluding hydrogens is 366 g/mol. The Hall–Kier alpha value is -2.59. The van der Waals surface area contributed by atoms with Crippen molar-refractivity contribution in [3.05, 3.63) is 34.6 Å². The van der Waals surface area contributed by atoms with Crippen LogP contribution in [0.3, 0.4) is 0 Å². The van der Waals surface area contributed by atoms with Crippen molar-refractivity contribution in [3.8, 4) is 11.6 Å². The molecule has 3 aromatic rings. The molecule has 1 aliphatic rings. The van der Waals surface area contributed by atoms with Crippen molar-refractivity contribution in [2.45, 2.75) is 25.8 Å². The highest BCUT2D eigenvalue weighted by Gasteiger charge is 2.25. The summed E-state index contributed by atoms with van der Waals surface area (Å²) in [4.78, 5) is 25.1. The minimum atomic E-state index is 0.122. The van der Waals surface area contributed by atoms with Crippen LogP contribution < -0.4 is 0 Å². The third-order valence-electron chi connectivity index (χ3n) is 4.89. The van der Waals surface area contributed by atoms with E-state index in [1.54, 1.807) is 11.3 Å². The largest absolute Gasteiger partial charge is 0.340 e. The lowest BCUT2D eigenvalue weighted by Gasteiger charge is -2.38. The fourth-order valence-electron chi connectivity index (χ4n) is 3.22. The van der Waals surface area contributed by atoms with Gasteiger partial charge in [-0.25, -0.2) is 4.98 Å². The van der Waals surface area contributed by atoms with E-state index in [9.17, 15) is 4.79 Å². The molecule has 0 aliphatic carbocycles. The first-order valence-electron chi connectivity index (χ1n) is 8.93. The number of aromatic nitrogens is 5. The van der Waals surface area contributed by atoms with Crippen molar-refractivity contribution >= 4 is 17.2 Å². The Bertz CT molecular complexity index is 854. The molecule has 0 aromatic carbocycles. The number of aromatic amines is 1. The molecule has 3 aromatic heterocycles. The molecule has 10 heteroatoms. The number of hydrogen-bond acceptors (Lipinski definition) is 8. The second kappa shape index (κ2) is 7.97. The van der Waals surface area contributed by atoms with Gasteiger partial charge in [-0.3, -0.25) is 14.8 Å². The summed E-state index contributed by atoms with van der Waals surface area (Å²) in [6.45, 7) is 5.50. The quantitative estimate of drug-likeness (QED) is 0.687. The maximum absolute atomic E-state index is 12.5. The molecule has 0 bridgehead atoms. The Balaban J connectivity index is 1.25. The molecule has 0 radical (unpaired) electrons. The number of thiophene rings is 1. The average Bonchev–Trinajstić information content (AvgIpc) is 3.47. The van der Waals surface area contributed by atoms with Crippen molar-refractivity contribution in [2.75, 3.05) is 26.2 Å². The smallest absolute Gasteiger partial charge is 0.239 e. The lowest BCUT2D eigenvalue weighted by atomic mass is 10.1. The Kier molecular flexibility index (Phi) is 5.26. The van der Waals surface area contributed by atoms with Gasteiger partial charge in [-0.1, -0.05) is 5.16 Å². The van der Waals surface area contributed by atoms with Crippen LogP contribution in [-0.2, 0) is 11.2 Å². The number of rotatable bonds is 6. The van der Waals surface area contributed by atoms with E-state index >= 15 is 0 Å². The number of H-pyrrole nitrogens is 1. The van der Waals surface area contributed by atoms with E-state index in [2.05, 4.69) is 54.0 Å². The maximum atomic E-state index is 12.5. The monoisotopic (exact) mass is 387 g/mol. The first-order valence-corrected chi connectivity index (χ1v) is 9.87. The number of carbonyl (C=O) groups excluding carboxylic acids is 1. The van der Waals surface area contributed by atoms with Crippen LogP contribution in [0.15, 0.2) is 27.7 Å². The van der Waals surface area contributed by atoms with Gasteiger partial charge in [0.2, 0.25) is 17.6 Å². The Labute approximate surface area is 160 Å². The van der Waals surface area contributed by atoms with Crippen LogP contribution in [0.5, 0.6) is 0 Å². The predicted octanol–water partition coefficient (Wildman–Crippen LogP) is 1.75. The third kappa shape index (κ3) is 4.06. The number of aryl methyl sites for hydroxylation is 1. The van der Waals surface area contributed by atoms with Gasteiger partial charge >= 0.3 is 0 Å². The molecular formula is C17H21N7O2S. The molecule has 4 heterocycles. The minimum absolute atomic E-state index is 0.122. The van der Waals surface area contributed by atoms with Gasteiger partial charge < -0.3 is 9.42 Å². The van der Waals surface area contributed by atoms with Crippen LogP contribution in [0.2, 0.25) is 0 Å². The molecule has 4 rings (SSSR count). The third-order valence-corrected chi connectivity index (χ3v) is 5.59. The van der Waals surface area contributed by atoms with E-state index < -0.39 is 0 Å². The van der Waals surface area contributed by atoms with Crippen LogP contribution in [0, 0.1) is 0 Å². The van der Waals surface area contributed by atoms with E-state index in [1.165, 1.54) is 11.9 Å². The van der Waals surface area contributed by atoms with Gasteiger partial charge in [0.1, 0.15) is 6.33 Å². The summed E-state index contributed by atoms with van der Waals surface area (Å²) >= 11 is 1.72. The number of hydrogen-bond donors (Lipinski definition) is 1. The lowest BCUT2D eigenvalue weighted by Crippen LogP contribution is -2.49. The van der Waals surface area contributed by atoms with Gasteiger partial charge in [-0.15, -0.1) is 0 Å². The van der Waals surface area contributed by atoms with Gasteiger partial charge in [0.05, 0.1) is 0 Å². The van der Waals surface area contributed by atoms with Gasteiger partial charge in [0, 0.05) is 45.1 Å². The topological polar surface area (TPSA) is 104 Å². The molecule has 27 heavy (non-hydrogen) atoms. The molecule has 0 spiro atoms. The van der Waals surface area contributed by atoms with Crippen LogP contribution in [0.1, 0.15) is 30.8 Å². The summed E-state index contributed by atoms with van der Waals surface area (Å²) in [6.07, 6.45) is 2.16. The number of nitrogens with one attached hydrogen (secondary N) is 1. The normalized spacial score (nSPS) is 16.6.